The van der Waals surface area contributed by atoms with E-state index < -0.39 is 18.0 Å². The molecule has 0 aliphatic carbocycles. The zero-order valence-corrected chi connectivity index (χ0v) is 8.83. The SMILES string of the molecule is C=C(C)C(=O)OC(C)C(=O)OCCC. The van der Waals surface area contributed by atoms with E-state index >= 15 is 0 Å². The standard InChI is InChI=1S/C10H16O4/c1-5-6-13-10(12)8(4)14-9(11)7(2)3/h8H,2,5-6H2,1,3-4H3. The molecule has 0 fully saturated rings. The van der Waals surface area contributed by atoms with E-state index in [2.05, 4.69) is 6.58 Å². The normalized spacial score (nSPS) is 11.6. The Morgan fingerprint density at radius 3 is 2.43 bits per heavy atom. The highest BCUT2D eigenvalue weighted by molar-refractivity contribution is 5.89. The van der Waals surface area contributed by atoms with Crippen LogP contribution in [0.3, 0.4) is 0 Å². The second-order valence-corrected chi connectivity index (χ2v) is 3.00. The van der Waals surface area contributed by atoms with Crippen LogP contribution in [0.15, 0.2) is 12.2 Å². The van der Waals surface area contributed by atoms with Gasteiger partial charge in [0.15, 0.2) is 6.10 Å². The van der Waals surface area contributed by atoms with Crippen molar-refractivity contribution in [1.82, 2.24) is 0 Å². The van der Waals surface area contributed by atoms with Crippen molar-refractivity contribution in [2.45, 2.75) is 33.3 Å². The number of hydrogen-bond acceptors (Lipinski definition) is 4. The van der Waals surface area contributed by atoms with Crippen LogP contribution in [0.2, 0.25) is 0 Å². The highest BCUT2D eigenvalue weighted by Gasteiger charge is 2.18. The molecular formula is C10H16O4. The lowest BCUT2D eigenvalue weighted by Crippen LogP contribution is -2.26. The third-order valence-electron chi connectivity index (χ3n) is 1.41. The minimum absolute atomic E-state index is 0.264. The topological polar surface area (TPSA) is 52.6 Å². The monoisotopic (exact) mass is 200 g/mol. The van der Waals surface area contributed by atoms with Gasteiger partial charge in [-0.25, -0.2) is 9.59 Å². The fourth-order valence-corrected chi connectivity index (χ4v) is 0.629. The predicted molar refractivity (Wildman–Crippen MR) is 51.6 cm³/mol. The molecule has 0 rings (SSSR count). The maximum atomic E-state index is 11.1. The van der Waals surface area contributed by atoms with Gasteiger partial charge in [-0.05, 0) is 20.3 Å². The molecule has 0 aromatic heterocycles. The van der Waals surface area contributed by atoms with E-state index in [1.165, 1.54) is 13.8 Å². The molecule has 1 unspecified atom stereocenters. The zero-order chi connectivity index (χ0) is 11.1. The molecule has 4 nitrogen and oxygen atoms in total. The summed E-state index contributed by atoms with van der Waals surface area (Å²) in [6.45, 7) is 8.62. The quantitative estimate of drug-likeness (QED) is 0.498. The molecule has 14 heavy (non-hydrogen) atoms. The minimum Gasteiger partial charge on any atom is -0.463 e. The van der Waals surface area contributed by atoms with Gasteiger partial charge in [0.05, 0.1) is 6.61 Å². The first-order valence-corrected chi connectivity index (χ1v) is 4.52. The summed E-state index contributed by atoms with van der Waals surface area (Å²) in [4.78, 5) is 22.1. The number of esters is 2. The summed E-state index contributed by atoms with van der Waals surface area (Å²) in [6.07, 6.45) is -0.127. The molecule has 1 atom stereocenters. The Morgan fingerprint density at radius 1 is 1.43 bits per heavy atom. The molecule has 0 saturated heterocycles. The van der Waals surface area contributed by atoms with Gasteiger partial charge in [0.2, 0.25) is 0 Å². The Labute approximate surface area is 83.9 Å². The van der Waals surface area contributed by atoms with Crippen molar-refractivity contribution in [2.75, 3.05) is 6.61 Å². The number of hydrogen-bond donors (Lipinski definition) is 0. The highest BCUT2D eigenvalue weighted by atomic mass is 16.6. The first-order chi connectivity index (χ1) is 6.49. The van der Waals surface area contributed by atoms with Crippen LogP contribution in [0.25, 0.3) is 0 Å². The van der Waals surface area contributed by atoms with Gasteiger partial charge in [0, 0.05) is 5.57 Å². The molecule has 0 saturated carbocycles. The first-order valence-electron chi connectivity index (χ1n) is 4.52. The number of carbonyl (C=O) groups is 2. The van der Waals surface area contributed by atoms with Gasteiger partial charge >= 0.3 is 11.9 Å². The van der Waals surface area contributed by atoms with E-state index in [-0.39, 0.29) is 5.57 Å². The van der Waals surface area contributed by atoms with Crippen LogP contribution in [-0.4, -0.2) is 24.6 Å². The van der Waals surface area contributed by atoms with E-state index in [9.17, 15) is 9.59 Å². The van der Waals surface area contributed by atoms with E-state index in [0.717, 1.165) is 6.42 Å². The van der Waals surface area contributed by atoms with E-state index in [1.807, 2.05) is 6.92 Å². The van der Waals surface area contributed by atoms with Crippen molar-refractivity contribution in [3.63, 3.8) is 0 Å². The predicted octanol–water partition coefficient (Wildman–Crippen LogP) is 1.45. The Balaban J connectivity index is 3.95. The summed E-state index contributed by atoms with van der Waals surface area (Å²) < 4.78 is 9.55. The third kappa shape index (κ3) is 4.64. The molecule has 0 aromatic rings. The van der Waals surface area contributed by atoms with Gasteiger partial charge < -0.3 is 9.47 Å². The maximum Gasteiger partial charge on any atom is 0.347 e. The molecular weight excluding hydrogens is 184 g/mol. The van der Waals surface area contributed by atoms with Crippen molar-refractivity contribution in [2.24, 2.45) is 0 Å². The number of rotatable bonds is 5. The third-order valence-corrected chi connectivity index (χ3v) is 1.41. The molecule has 0 heterocycles. The Morgan fingerprint density at radius 2 is 2.00 bits per heavy atom. The van der Waals surface area contributed by atoms with Crippen molar-refractivity contribution in [3.05, 3.63) is 12.2 Å². The smallest absolute Gasteiger partial charge is 0.347 e. The van der Waals surface area contributed by atoms with Crippen LogP contribution < -0.4 is 0 Å². The molecule has 0 N–H and O–H groups in total. The van der Waals surface area contributed by atoms with Crippen LogP contribution in [0.5, 0.6) is 0 Å². The van der Waals surface area contributed by atoms with Gasteiger partial charge in [0.25, 0.3) is 0 Å². The fourth-order valence-electron chi connectivity index (χ4n) is 0.629. The summed E-state index contributed by atoms with van der Waals surface area (Å²) in [5.74, 6) is -1.10. The van der Waals surface area contributed by atoms with Gasteiger partial charge in [0.1, 0.15) is 0 Å². The Kier molecular flexibility index (Phi) is 5.60. The zero-order valence-electron chi connectivity index (χ0n) is 8.83. The van der Waals surface area contributed by atoms with Crippen LogP contribution in [-0.2, 0) is 19.1 Å². The summed E-state index contributed by atoms with van der Waals surface area (Å²) in [5.41, 5.74) is 0.264. The minimum atomic E-state index is -0.870. The summed E-state index contributed by atoms with van der Waals surface area (Å²) >= 11 is 0. The summed E-state index contributed by atoms with van der Waals surface area (Å²) in [5, 5.41) is 0. The first kappa shape index (κ1) is 12.7. The number of ether oxygens (including phenoxy) is 2. The highest BCUT2D eigenvalue weighted by Crippen LogP contribution is 2.00. The van der Waals surface area contributed by atoms with Crippen molar-refractivity contribution in [1.29, 1.82) is 0 Å². The average molecular weight is 200 g/mol. The van der Waals surface area contributed by atoms with Crippen LogP contribution >= 0.6 is 0 Å². The number of carbonyl (C=O) groups excluding carboxylic acids is 2. The molecule has 0 amide bonds. The maximum absolute atomic E-state index is 11.1. The molecule has 0 aromatic carbocycles. The van der Waals surface area contributed by atoms with E-state index in [1.54, 1.807) is 0 Å². The van der Waals surface area contributed by atoms with Crippen molar-refractivity contribution < 1.29 is 19.1 Å². The molecule has 0 radical (unpaired) electrons. The van der Waals surface area contributed by atoms with Crippen LogP contribution in [0, 0.1) is 0 Å². The van der Waals surface area contributed by atoms with E-state index in [4.69, 9.17) is 9.47 Å². The lowest BCUT2D eigenvalue weighted by Gasteiger charge is -2.11. The summed E-state index contributed by atoms with van der Waals surface area (Å²) in [6, 6.07) is 0. The molecule has 0 aliphatic rings. The molecule has 0 spiro atoms. The van der Waals surface area contributed by atoms with Gasteiger partial charge in [-0.1, -0.05) is 13.5 Å². The van der Waals surface area contributed by atoms with Crippen molar-refractivity contribution in [3.8, 4) is 0 Å². The molecule has 4 heteroatoms. The lowest BCUT2D eigenvalue weighted by molar-refractivity contribution is -0.164. The average Bonchev–Trinajstić information content (AvgIpc) is 2.13. The molecule has 0 bridgehead atoms. The second-order valence-electron chi connectivity index (χ2n) is 3.00. The van der Waals surface area contributed by atoms with E-state index in [0.29, 0.717) is 6.61 Å². The van der Waals surface area contributed by atoms with Gasteiger partial charge in [-0.15, -0.1) is 0 Å². The van der Waals surface area contributed by atoms with Crippen molar-refractivity contribution >= 4 is 11.9 Å². The Bertz CT molecular complexity index is 232. The largest absolute Gasteiger partial charge is 0.463 e. The van der Waals surface area contributed by atoms with Crippen LogP contribution in [0.4, 0.5) is 0 Å². The van der Waals surface area contributed by atoms with Crippen LogP contribution in [0.1, 0.15) is 27.2 Å². The summed E-state index contributed by atoms with van der Waals surface area (Å²) in [7, 11) is 0. The van der Waals surface area contributed by atoms with Gasteiger partial charge in [-0.2, -0.15) is 0 Å². The Hall–Kier alpha value is -1.32. The molecule has 80 valence electrons. The lowest BCUT2D eigenvalue weighted by atomic mass is 10.3. The molecule has 0 aliphatic heterocycles. The second kappa shape index (κ2) is 6.18. The fraction of sp³-hybridized carbons (Fsp3) is 0.600. The van der Waals surface area contributed by atoms with Gasteiger partial charge in [-0.3, -0.25) is 0 Å².